The molecule has 0 aromatic carbocycles. The zero-order valence-electron chi connectivity index (χ0n) is 13.1. The number of rotatable bonds is 2. The van der Waals surface area contributed by atoms with Gasteiger partial charge in [-0.3, -0.25) is 4.57 Å². The summed E-state index contributed by atoms with van der Waals surface area (Å²) in [4.78, 5) is 4.22. The second kappa shape index (κ2) is 5.27. The summed E-state index contributed by atoms with van der Waals surface area (Å²) in [6.45, 7) is 8.89. The molecule has 1 atom stereocenters. The third kappa shape index (κ3) is 2.63. The Balaban J connectivity index is 1.90. The minimum atomic E-state index is -0.472. The molecule has 2 aliphatic rings. The predicted molar refractivity (Wildman–Crippen MR) is 81.8 cm³/mol. The average molecular weight is 313 g/mol. The Morgan fingerprint density at radius 2 is 1.90 bits per heavy atom. The Bertz CT molecular complexity index is 510. The van der Waals surface area contributed by atoms with Crippen molar-refractivity contribution in [2.45, 2.75) is 64.4 Å². The lowest BCUT2D eigenvalue weighted by Crippen LogP contribution is -2.41. The third-order valence-electron chi connectivity index (χ3n) is 4.72. The first-order valence-electron chi connectivity index (χ1n) is 7.52. The van der Waals surface area contributed by atoms with Crippen molar-refractivity contribution in [3.63, 3.8) is 0 Å². The highest BCUT2D eigenvalue weighted by atomic mass is 35.5. The van der Waals surface area contributed by atoms with Gasteiger partial charge in [0, 0.05) is 12.8 Å². The molecule has 0 amide bonds. The molecule has 0 saturated carbocycles. The van der Waals surface area contributed by atoms with Crippen molar-refractivity contribution in [3.05, 3.63) is 11.5 Å². The number of hydrogen-bond donors (Lipinski definition) is 0. The molecule has 2 aliphatic heterocycles. The topological polar surface area (TPSA) is 45.5 Å². The number of ether oxygens (including phenoxy) is 1. The van der Waals surface area contributed by atoms with Gasteiger partial charge in [-0.05, 0) is 58.6 Å². The lowest BCUT2D eigenvalue weighted by molar-refractivity contribution is -0.0305. The molecule has 21 heavy (non-hydrogen) atoms. The van der Waals surface area contributed by atoms with Crippen LogP contribution in [0.1, 0.15) is 53.2 Å². The van der Waals surface area contributed by atoms with Gasteiger partial charge in [-0.2, -0.15) is 0 Å². The number of halogens is 1. The molecule has 0 bridgehead atoms. The van der Waals surface area contributed by atoms with E-state index in [1.807, 2.05) is 32.3 Å². The maximum absolute atomic E-state index is 6.26. The van der Waals surface area contributed by atoms with Crippen molar-refractivity contribution >= 4 is 24.3 Å². The van der Waals surface area contributed by atoms with Gasteiger partial charge in [0.25, 0.3) is 0 Å². The van der Waals surface area contributed by atoms with Gasteiger partial charge < -0.3 is 14.0 Å². The number of hydrogen-bond acceptors (Lipinski definition) is 4. The molecule has 0 N–H and O–H groups in total. The van der Waals surface area contributed by atoms with E-state index < -0.39 is 7.12 Å². The Morgan fingerprint density at radius 1 is 1.24 bits per heavy atom. The van der Waals surface area contributed by atoms with Crippen molar-refractivity contribution < 1.29 is 14.0 Å². The summed E-state index contributed by atoms with van der Waals surface area (Å²) >= 11 is 6.26. The van der Waals surface area contributed by atoms with E-state index in [4.69, 9.17) is 25.6 Å². The maximum atomic E-state index is 6.26. The lowest BCUT2D eigenvalue weighted by Gasteiger charge is -2.32. The van der Waals surface area contributed by atoms with Gasteiger partial charge in [-0.1, -0.05) is 0 Å². The number of aromatic nitrogens is 2. The van der Waals surface area contributed by atoms with E-state index in [-0.39, 0.29) is 17.4 Å². The van der Waals surface area contributed by atoms with Gasteiger partial charge in [0.2, 0.25) is 5.28 Å². The van der Waals surface area contributed by atoms with E-state index in [1.54, 1.807) is 6.20 Å². The summed E-state index contributed by atoms with van der Waals surface area (Å²) in [7, 11) is -0.472. The summed E-state index contributed by atoms with van der Waals surface area (Å²) in [5.41, 5.74) is 0.0600. The van der Waals surface area contributed by atoms with Gasteiger partial charge in [0.15, 0.2) is 0 Å². The van der Waals surface area contributed by atoms with Crippen molar-refractivity contribution in [1.29, 1.82) is 0 Å². The molecule has 2 saturated heterocycles. The van der Waals surface area contributed by atoms with Crippen LogP contribution in [0.3, 0.4) is 0 Å². The van der Waals surface area contributed by atoms with Crippen LogP contribution in [0.2, 0.25) is 5.28 Å². The summed E-state index contributed by atoms with van der Waals surface area (Å²) in [6, 6.07) is 0. The van der Waals surface area contributed by atoms with Crippen molar-refractivity contribution in [1.82, 2.24) is 9.55 Å². The Morgan fingerprint density at radius 3 is 2.48 bits per heavy atom. The molecule has 116 valence electrons. The van der Waals surface area contributed by atoms with Crippen LogP contribution in [-0.4, -0.2) is 34.5 Å². The van der Waals surface area contributed by atoms with E-state index in [0.29, 0.717) is 5.28 Å². The number of nitrogens with zero attached hydrogens (tertiary/aromatic N) is 2. The maximum Gasteiger partial charge on any atom is 0.514 e. The fourth-order valence-corrected chi connectivity index (χ4v) is 2.96. The van der Waals surface area contributed by atoms with E-state index >= 15 is 0 Å². The molecule has 2 fully saturated rings. The van der Waals surface area contributed by atoms with Crippen LogP contribution in [0.5, 0.6) is 0 Å². The molecule has 5 nitrogen and oxygen atoms in total. The molecule has 7 heteroatoms. The first kappa shape index (κ1) is 15.3. The van der Waals surface area contributed by atoms with Crippen molar-refractivity contribution in [3.8, 4) is 0 Å². The first-order chi connectivity index (χ1) is 9.82. The summed E-state index contributed by atoms with van der Waals surface area (Å²) in [5.74, 6) is 0. The molecule has 1 aromatic heterocycles. The second-order valence-corrected chi connectivity index (χ2v) is 7.07. The molecule has 0 spiro atoms. The van der Waals surface area contributed by atoms with Gasteiger partial charge in [-0.25, -0.2) is 4.98 Å². The van der Waals surface area contributed by atoms with E-state index in [9.17, 15) is 0 Å². The monoisotopic (exact) mass is 312 g/mol. The zero-order valence-corrected chi connectivity index (χ0v) is 13.8. The highest BCUT2D eigenvalue weighted by Gasteiger charge is 2.53. The van der Waals surface area contributed by atoms with Crippen molar-refractivity contribution in [2.75, 3.05) is 6.61 Å². The second-order valence-electron chi connectivity index (χ2n) is 6.73. The third-order valence-corrected chi connectivity index (χ3v) is 5.00. The van der Waals surface area contributed by atoms with E-state index in [2.05, 4.69) is 4.98 Å². The lowest BCUT2D eigenvalue weighted by atomic mass is 9.85. The normalized spacial score (nSPS) is 28.0. The van der Waals surface area contributed by atoms with Crippen LogP contribution >= 0.6 is 11.6 Å². The van der Waals surface area contributed by atoms with Crippen molar-refractivity contribution in [2.24, 2.45) is 0 Å². The molecular formula is C14H22BClN2O3. The molecule has 0 radical (unpaired) electrons. The van der Waals surface area contributed by atoms with Gasteiger partial charge >= 0.3 is 7.12 Å². The van der Waals surface area contributed by atoms with Crippen LogP contribution in [-0.2, 0) is 14.0 Å². The van der Waals surface area contributed by atoms with Gasteiger partial charge in [0.05, 0.1) is 16.8 Å². The SMILES string of the molecule is CC1(C)OB(c2cnc(Cl)n2[C@@H]2CCCCO2)OC1(C)C. The fraction of sp³-hybridized carbons (Fsp3) is 0.786. The Labute approximate surface area is 131 Å². The minimum Gasteiger partial charge on any atom is -0.398 e. The molecule has 3 heterocycles. The van der Waals surface area contributed by atoms with Crippen LogP contribution in [0.25, 0.3) is 0 Å². The first-order valence-corrected chi connectivity index (χ1v) is 7.89. The highest BCUT2D eigenvalue weighted by molar-refractivity contribution is 6.61. The number of imidazole rings is 1. The summed E-state index contributed by atoms with van der Waals surface area (Å²) in [6.07, 6.45) is 4.80. The van der Waals surface area contributed by atoms with Crippen LogP contribution in [0.4, 0.5) is 0 Å². The average Bonchev–Trinajstić information content (AvgIpc) is 2.89. The molecule has 3 rings (SSSR count). The predicted octanol–water partition coefficient (Wildman–Crippen LogP) is 2.53. The van der Waals surface area contributed by atoms with Gasteiger partial charge in [-0.15, -0.1) is 0 Å². The standard InChI is InChI=1S/C14H22BClN2O3/c1-13(2)14(3,4)21-15(20-13)10-9-17-12(16)18(10)11-7-5-6-8-19-11/h9,11H,5-8H2,1-4H3/t11-/m0/s1. The molecular weight excluding hydrogens is 290 g/mol. The quantitative estimate of drug-likeness (QED) is 0.787. The fourth-order valence-electron chi connectivity index (χ4n) is 2.70. The molecule has 0 aliphatic carbocycles. The molecule has 1 aromatic rings. The zero-order chi connectivity index (χ0) is 15.3. The Hall–Kier alpha value is -0.555. The van der Waals surface area contributed by atoms with Gasteiger partial charge in [0.1, 0.15) is 6.23 Å². The van der Waals surface area contributed by atoms with E-state index in [0.717, 1.165) is 31.5 Å². The summed E-state index contributed by atoms with van der Waals surface area (Å²) < 4.78 is 19.9. The summed E-state index contributed by atoms with van der Waals surface area (Å²) in [5, 5.41) is 0.423. The van der Waals surface area contributed by atoms with Crippen LogP contribution in [0.15, 0.2) is 6.20 Å². The van der Waals surface area contributed by atoms with Crippen LogP contribution < -0.4 is 5.59 Å². The highest BCUT2D eigenvalue weighted by Crippen LogP contribution is 2.37. The minimum absolute atomic E-state index is 0.0808. The molecule has 0 unspecified atom stereocenters. The smallest absolute Gasteiger partial charge is 0.398 e. The van der Waals surface area contributed by atoms with E-state index in [1.165, 1.54) is 0 Å². The Kier molecular flexibility index (Phi) is 3.85. The van der Waals surface area contributed by atoms with Crippen LogP contribution in [0, 0.1) is 0 Å². The largest absolute Gasteiger partial charge is 0.514 e.